The summed E-state index contributed by atoms with van der Waals surface area (Å²) in [5.41, 5.74) is 3.69. The summed E-state index contributed by atoms with van der Waals surface area (Å²) in [7, 11) is -3.76. The Balaban J connectivity index is 1.36. The fourth-order valence-corrected chi connectivity index (χ4v) is 6.60. The number of nitrogens with one attached hydrogen (secondary N) is 2. The van der Waals surface area contributed by atoms with E-state index < -0.39 is 10.0 Å². The molecule has 6 rings (SSSR count). The zero-order valence-electron chi connectivity index (χ0n) is 18.3. The Morgan fingerprint density at radius 3 is 2.62 bits per heavy atom. The largest absolute Gasteiger partial charge is 0.378 e. The van der Waals surface area contributed by atoms with Crippen molar-refractivity contribution < 1.29 is 8.42 Å². The van der Waals surface area contributed by atoms with Crippen LogP contribution in [0, 0.1) is 5.92 Å². The molecule has 4 aromatic carbocycles. The molecule has 0 saturated heterocycles. The van der Waals surface area contributed by atoms with Crippen molar-refractivity contribution in [3.8, 4) is 0 Å². The first-order valence-electron chi connectivity index (χ1n) is 11.3. The van der Waals surface area contributed by atoms with Gasteiger partial charge < -0.3 is 5.32 Å². The van der Waals surface area contributed by atoms with E-state index in [2.05, 4.69) is 28.3 Å². The molecule has 0 saturated carbocycles. The summed E-state index contributed by atoms with van der Waals surface area (Å²) in [6.45, 7) is 0. The van der Waals surface area contributed by atoms with Crippen LogP contribution in [0.15, 0.2) is 102 Å². The first kappa shape index (κ1) is 21.3. The third kappa shape index (κ3) is 3.65. The highest BCUT2D eigenvalue weighted by atomic mass is 35.5. The molecule has 0 aromatic heterocycles. The molecule has 1 heterocycles. The molecule has 170 valence electrons. The average Bonchev–Trinajstić information content (AvgIpc) is 3.34. The molecular weight excluding hydrogens is 464 g/mol. The number of rotatable bonds is 4. The van der Waals surface area contributed by atoms with Crippen LogP contribution in [0.1, 0.15) is 29.5 Å². The van der Waals surface area contributed by atoms with E-state index in [-0.39, 0.29) is 16.9 Å². The molecule has 1 aliphatic heterocycles. The molecular formula is C28H23ClN2O2S. The number of hydrogen-bond acceptors (Lipinski definition) is 3. The van der Waals surface area contributed by atoms with Crippen LogP contribution in [0.5, 0.6) is 0 Å². The van der Waals surface area contributed by atoms with Gasteiger partial charge in [-0.3, -0.25) is 4.72 Å². The Kier molecular flexibility index (Phi) is 5.12. The van der Waals surface area contributed by atoms with Gasteiger partial charge in [0.1, 0.15) is 0 Å². The van der Waals surface area contributed by atoms with Gasteiger partial charge in [0.2, 0.25) is 0 Å². The summed E-state index contributed by atoms with van der Waals surface area (Å²) in [6, 6.07) is 26.8. The summed E-state index contributed by atoms with van der Waals surface area (Å²) >= 11 is 6.26. The van der Waals surface area contributed by atoms with Gasteiger partial charge in [0.05, 0.1) is 16.6 Å². The lowest BCUT2D eigenvalue weighted by Crippen LogP contribution is -2.29. The maximum Gasteiger partial charge on any atom is 0.261 e. The zero-order valence-corrected chi connectivity index (χ0v) is 19.9. The Labute approximate surface area is 204 Å². The Morgan fingerprint density at radius 2 is 1.74 bits per heavy atom. The van der Waals surface area contributed by atoms with E-state index >= 15 is 0 Å². The lowest BCUT2D eigenvalue weighted by molar-refractivity contribution is 0.425. The highest BCUT2D eigenvalue weighted by Gasteiger charge is 2.38. The topological polar surface area (TPSA) is 58.2 Å². The van der Waals surface area contributed by atoms with Crippen molar-refractivity contribution in [1.82, 2.24) is 0 Å². The molecule has 0 radical (unpaired) electrons. The van der Waals surface area contributed by atoms with Crippen molar-refractivity contribution in [3.05, 3.63) is 113 Å². The summed E-state index contributed by atoms with van der Waals surface area (Å²) in [4.78, 5) is 0.265. The Bertz CT molecular complexity index is 1540. The van der Waals surface area contributed by atoms with Crippen LogP contribution in [0.2, 0.25) is 5.02 Å². The van der Waals surface area contributed by atoms with Crippen molar-refractivity contribution in [3.63, 3.8) is 0 Å². The monoisotopic (exact) mass is 486 g/mol. The number of benzene rings is 4. The minimum atomic E-state index is -3.76. The van der Waals surface area contributed by atoms with Gasteiger partial charge in [0.15, 0.2) is 0 Å². The van der Waals surface area contributed by atoms with E-state index in [1.807, 2.05) is 66.7 Å². The van der Waals surface area contributed by atoms with Gasteiger partial charge in [-0.2, -0.15) is 0 Å². The van der Waals surface area contributed by atoms with Crippen molar-refractivity contribution >= 4 is 43.8 Å². The fourth-order valence-electron chi connectivity index (χ4n) is 5.29. The highest BCUT2D eigenvalue weighted by Crippen LogP contribution is 2.50. The summed E-state index contributed by atoms with van der Waals surface area (Å²) in [5.74, 6) is 0.447. The molecule has 6 heteroatoms. The van der Waals surface area contributed by atoms with E-state index in [0.29, 0.717) is 16.6 Å². The molecule has 0 fully saturated rings. The third-order valence-electron chi connectivity index (χ3n) is 6.89. The number of fused-ring (bicyclic) bond motifs is 4. The Morgan fingerprint density at radius 1 is 0.912 bits per heavy atom. The van der Waals surface area contributed by atoms with E-state index in [1.54, 1.807) is 12.1 Å². The van der Waals surface area contributed by atoms with Crippen molar-refractivity contribution in [1.29, 1.82) is 0 Å². The lowest BCUT2D eigenvalue weighted by atomic mass is 9.77. The maximum atomic E-state index is 13.4. The molecule has 2 N–H and O–H groups in total. The lowest BCUT2D eigenvalue weighted by Gasteiger charge is -2.37. The maximum absolute atomic E-state index is 13.4. The third-order valence-corrected chi connectivity index (χ3v) is 8.48. The average molecular weight is 487 g/mol. The molecule has 0 spiro atoms. The standard InChI is InChI=1S/C28H23ClN2O2S/c29-20-9-3-8-19(16-20)28-24-12-5-11-23(24)25-17-21(14-15-26(25)30-28)34(32,33)31-27-13-4-7-18-6-1-2-10-22(18)27/h1-11,13-17,23-24,28,30-31H,12H2/t23?,24?,28-/m1/s1. The summed E-state index contributed by atoms with van der Waals surface area (Å²) in [5, 5.41) is 6.23. The number of allylic oxidation sites excluding steroid dienone is 2. The van der Waals surface area contributed by atoms with Crippen molar-refractivity contribution in [2.75, 3.05) is 10.0 Å². The van der Waals surface area contributed by atoms with Crippen molar-refractivity contribution in [2.45, 2.75) is 23.3 Å². The molecule has 3 atom stereocenters. The van der Waals surface area contributed by atoms with Gasteiger partial charge in [0, 0.05) is 22.0 Å². The predicted molar refractivity (Wildman–Crippen MR) is 139 cm³/mol. The normalized spacial score (nSPS) is 21.0. The van der Waals surface area contributed by atoms with Gasteiger partial charge in [-0.25, -0.2) is 8.42 Å². The van der Waals surface area contributed by atoms with Gasteiger partial charge >= 0.3 is 0 Å². The molecule has 0 bridgehead atoms. The van der Waals surface area contributed by atoms with E-state index in [1.165, 1.54) is 0 Å². The van der Waals surface area contributed by atoms with E-state index in [4.69, 9.17) is 11.6 Å². The SMILES string of the molecule is O=S(=O)(Nc1cccc2ccccc12)c1ccc2c(c1)C1C=CCC1[C@@H](c1cccc(Cl)c1)N2. The van der Waals surface area contributed by atoms with Crippen LogP contribution in [0.25, 0.3) is 10.8 Å². The van der Waals surface area contributed by atoms with Gasteiger partial charge in [-0.1, -0.05) is 72.3 Å². The second-order valence-corrected chi connectivity index (χ2v) is 11.0. The minimum Gasteiger partial charge on any atom is -0.378 e. The second kappa shape index (κ2) is 8.19. The van der Waals surface area contributed by atoms with Gasteiger partial charge in [0.25, 0.3) is 10.0 Å². The summed E-state index contributed by atoms with van der Waals surface area (Å²) < 4.78 is 29.6. The highest BCUT2D eigenvalue weighted by molar-refractivity contribution is 7.92. The van der Waals surface area contributed by atoms with Gasteiger partial charge in [-0.05, 0) is 65.3 Å². The van der Waals surface area contributed by atoms with Crippen LogP contribution in [0.3, 0.4) is 0 Å². The van der Waals surface area contributed by atoms with E-state index in [9.17, 15) is 8.42 Å². The number of hydrogen-bond donors (Lipinski definition) is 2. The number of sulfonamides is 1. The molecule has 1 aliphatic carbocycles. The van der Waals surface area contributed by atoms with E-state index in [0.717, 1.165) is 34.0 Å². The molecule has 2 aliphatic rings. The molecule has 0 amide bonds. The fraction of sp³-hybridized carbons (Fsp3) is 0.143. The quantitative estimate of drug-likeness (QED) is 0.302. The van der Waals surface area contributed by atoms with Crippen LogP contribution >= 0.6 is 11.6 Å². The van der Waals surface area contributed by atoms with Crippen LogP contribution < -0.4 is 10.0 Å². The van der Waals surface area contributed by atoms with Gasteiger partial charge in [-0.15, -0.1) is 0 Å². The Hall–Kier alpha value is -3.28. The molecule has 4 nitrogen and oxygen atoms in total. The first-order chi connectivity index (χ1) is 16.5. The minimum absolute atomic E-state index is 0.113. The molecule has 2 unspecified atom stereocenters. The molecule has 34 heavy (non-hydrogen) atoms. The number of anilines is 2. The zero-order chi connectivity index (χ0) is 23.3. The van der Waals surface area contributed by atoms with Crippen molar-refractivity contribution in [2.24, 2.45) is 5.92 Å². The van der Waals surface area contributed by atoms with Crippen LogP contribution in [0.4, 0.5) is 11.4 Å². The first-order valence-corrected chi connectivity index (χ1v) is 13.2. The second-order valence-electron chi connectivity index (χ2n) is 8.91. The van der Waals surface area contributed by atoms with Crippen LogP contribution in [-0.2, 0) is 10.0 Å². The number of halogens is 1. The molecule has 4 aromatic rings. The smallest absolute Gasteiger partial charge is 0.261 e. The van der Waals surface area contributed by atoms with Crippen LogP contribution in [-0.4, -0.2) is 8.42 Å². The summed E-state index contributed by atoms with van der Waals surface area (Å²) in [6.07, 6.45) is 5.33. The predicted octanol–water partition coefficient (Wildman–Crippen LogP) is 7.12.